The second kappa shape index (κ2) is 55.2. The average molecular weight is 535 g/mol. The summed E-state index contributed by atoms with van der Waals surface area (Å²) in [6, 6.07) is 0. The molecule has 0 unspecified atom stereocenters. The van der Waals surface area contributed by atoms with Gasteiger partial charge in [0.05, 0.1) is 0 Å². The molecule has 0 rings (SSSR count). The minimum absolute atomic E-state index is 0. The molecule has 1 N–H and O–H groups in total. The summed E-state index contributed by atoms with van der Waals surface area (Å²) in [5.41, 5.74) is 0. The summed E-state index contributed by atoms with van der Waals surface area (Å²) in [5.74, 6) is 0. The molecule has 0 atom stereocenters. The van der Waals surface area contributed by atoms with Crippen LogP contribution < -0.4 is 0 Å². The van der Waals surface area contributed by atoms with Gasteiger partial charge in [-0.2, -0.15) is 0 Å². The van der Waals surface area contributed by atoms with Gasteiger partial charge in [0.1, 0.15) is 0 Å². The van der Waals surface area contributed by atoms with E-state index in [2.05, 4.69) is 64.4 Å². The molecule has 213 valence electrons. The summed E-state index contributed by atoms with van der Waals surface area (Å²) in [6.45, 7) is 22.2. The smallest absolute Gasteiger partial charge is 0.662 e. The van der Waals surface area contributed by atoms with Crippen molar-refractivity contribution in [3.05, 3.63) is 16.0 Å². The van der Waals surface area contributed by atoms with E-state index in [0.29, 0.717) is 6.61 Å². The van der Waals surface area contributed by atoms with Crippen molar-refractivity contribution >= 4 is 0 Å². The molecule has 0 saturated heterocycles. The number of unbranched alkanes of at least 4 members (excludes halogenated alkanes) is 9. The second-order valence-corrected chi connectivity index (χ2v) is 8.92. The molecule has 0 saturated carbocycles. The normalized spacial score (nSPS) is 9.60. The van der Waals surface area contributed by atoms with Gasteiger partial charge in [-0.3, -0.25) is 0 Å². The van der Waals surface area contributed by atoms with Gasteiger partial charge < -0.3 is 21.1 Å². The summed E-state index contributed by atoms with van der Waals surface area (Å²) in [6.07, 6.45) is 19.9. The molecule has 0 heterocycles. The molecule has 0 aromatic carbocycles. The van der Waals surface area contributed by atoms with Crippen LogP contribution in [0.25, 0.3) is 16.0 Å². The minimum Gasteiger partial charge on any atom is -0.662 e. The van der Waals surface area contributed by atoms with E-state index < -0.39 is 0 Å². The Kier molecular flexibility index (Phi) is 71.7. The van der Waals surface area contributed by atoms with Gasteiger partial charge in [0.25, 0.3) is 0 Å². The van der Waals surface area contributed by atoms with Crippen LogP contribution in [0.3, 0.4) is 0 Å². The topological polar surface area (TPSA) is 62.5 Å². The Morgan fingerprint density at radius 1 is 0.343 bits per heavy atom. The van der Waals surface area contributed by atoms with E-state index in [1.807, 2.05) is 0 Å². The van der Waals surface area contributed by atoms with Crippen LogP contribution in [0, 0.1) is 0 Å². The Morgan fingerprint density at radius 3 is 0.743 bits per heavy atom. The van der Waals surface area contributed by atoms with Crippen molar-refractivity contribution < 1.29 is 26.8 Å². The molecule has 1 radical (unpaired) electrons. The fourth-order valence-electron chi connectivity index (χ4n) is 2.49. The van der Waals surface area contributed by atoms with Crippen LogP contribution in [-0.4, -0.2) is 51.0 Å². The minimum atomic E-state index is 0. The van der Waals surface area contributed by atoms with Gasteiger partial charge in [-0.05, 0) is 6.42 Å². The van der Waals surface area contributed by atoms with Gasteiger partial charge in [-0.1, -0.05) is 145 Å². The average Bonchev–Trinajstić information content (AvgIpc) is 2.85. The second-order valence-electron chi connectivity index (χ2n) is 8.92. The first-order valence-corrected chi connectivity index (χ1v) is 15.2. The van der Waals surface area contributed by atoms with E-state index in [1.54, 1.807) is 0 Å². The van der Waals surface area contributed by atoms with Gasteiger partial charge in [-0.25, -0.2) is 0 Å². The van der Waals surface area contributed by atoms with Crippen molar-refractivity contribution in [2.45, 2.75) is 151 Å². The molecule has 0 amide bonds. The van der Waals surface area contributed by atoms with E-state index in [0.717, 1.165) is 45.7 Å². The maximum Gasteiger partial charge on any atom is 3.00 e. The van der Waals surface area contributed by atoms with Crippen molar-refractivity contribution in [1.29, 1.82) is 0 Å². The summed E-state index contributed by atoms with van der Waals surface area (Å²) in [4.78, 5) is 0. The first-order valence-electron chi connectivity index (χ1n) is 15.2. The Balaban J connectivity index is -0.000000114. The van der Waals surface area contributed by atoms with Gasteiger partial charge in [0, 0.05) is 6.61 Å². The van der Waals surface area contributed by atoms with Crippen LogP contribution in [-0.2, 0) is 21.7 Å². The fraction of sp³-hybridized carbons (Fsp3) is 1.00. The number of aliphatic hydroxyl groups is 1. The third-order valence-electron chi connectivity index (χ3n) is 5.03. The quantitative estimate of drug-likeness (QED) is 0.109. The summed E-state index contributed by atoms with van der Waals surface area (Å²) in [7, 11) is 0. The predicted octanol–water partition coefficient (Wildman–Crippen LogP) is 10.4. The Bertz CT molecular complexity index is 217. The summed E-state index contributed by atoms with van der Waals surface area (Å²) < 4.78 is 0. The first kappa shape index (κ1) is 45.5. The van der Waals surface area contributed by atoms with Gasteiger partial charge in [-0.15, -0.1) is 39.3 Å². The summed E-state index contributed by atoms with van der Waals surface area (Å²) >= 11 is 0. The van der Waals surface area contributed by atoms with Crippen LogP contribution in [0.2, 0.25) is 0 Å². The molecule has 0 aliphatic carbocycles. The maximum atomic E-state index is 8.29. The zero-order valence-corrected chi connectivity index (χ0v) is 27.1. The van der Waals surface area contributed by atoms with Crippen LogP contribution >= 0.6 is 0 Å². The third kappa shape index (κ3) is 72.0. The zero-order chi connectivity index (χ0) is 26.4. The number of hydrogen-bond donors (Lipinski definition) is 1. The van der Waals surface area contributed by atoms with Crippen LogP contribution in [0.5, 0.6) is 0 Å². The molecule has 0 aliphatic heterocycles. The Labute approximate surface area is 239 Å². The molecule has 4 nitrogen and oxygen atoms in total. The monoisotopic (exact) mass is 534 g/mol. The number of aliphatic hydroxyl groups excluding tert-OH is 1. The van der Waals surface area contributed by atoms with Crippen molar-refractivity contribution in [3.63, 3.8) is 0 Å². The number of rotatable bonds is 22. The molecule has 0 aromatic rings. The number of hydrogen-bond acceptors (Lipinski definition) is 1. The summed E-state index contributed by atoms with van der Waals surface area (Å²) in [5, 5.41) is 21.3. The molecular weight excluding hydrogens is 466 g/mol. The van der Waals surface area contributed by atoms with Crippen LogP contribution in [0.15, 0.2) is 0 Å². The molecule has 0 aromatic heterocycles. The molecule has 0 spiro atoms. The molecule has 5 heteroatoms. The van der Waals surface area contributed by atoms with E-state index >= 15 is 0 Å². The van der Waals surface area contributed by atoms with Crippen molar-refractivity contribution in [2.75, 3.05) is 45.9 Å². The van der Waals surface area contributed by atoms with Crippen molar-refractivity contribution in [1.82, 2.24) is 0 Å². The van der Waals surface area contributed by atoms with E-state index in [4.69, 9.17) is 5.11 Å². The van der Waals surface area contributed by atoms with E-state index in [-0.39, 0.29) is 21.7 Å². The largest absolute Gasteiger partial charge is 3.00 e. The third-order valence-corrected chi connectivity index (χ3v) is 5.03. The standard InChI is InChI=1S/3C8H18N.C6H14O.Ti/c3*1-3-5-7-9-8-6-4-2;1-2-3-4-5-6-7;/h3*3-8H2,1-2H3;7H,2-6H2,1H3;/q3*-1;;+3. The molecule has 0 aliphatic rings. The van der Waals surface area contributed by atoms with Crippen LogP contribution in [0.1, 0.15) is 151 Å². The SMILES string of the molecule is CCCCCCO.CCCC[N-]CCCC.CCCC[N-]CCCC.CCCC[N-]CCCC.[Ti+3]. The van der Waals surface area contributed by atoms with E-state index in [9.17, 15) is 0 Å². The first-order chi connectivity index (χ1) is 16.7. The molecule has 35 heavy (non-hydrogen) atoms. The van der Waals surface area contributed by atoms with E-state index in [1.165, 1.54) is 96.3 Å². The van der Waals surface area contributed by atoms with Gasteiger partial charge >= 0.3 is 21.7 Å². The predicted molar refractivity (Wildman–Crippen MR) is 160 cm³/mol. The molecule has 0 bridgehead atoms. The number of nitrogens with zero attached hydrogens (tertiary/aromatic N) is 3. The fourth-order valence-corrected chi connectivity index (χ4v) is 2.49. The molecular formula is C30H68N3OTi. The van der Waals surface area contributed by atoms with Gasteiger partial charge in [0.15, 0.2) is 0 Å². The Morgan fingerprint density at radius 2 is 0.571 bits per heavy atom. The van der Waals surface area contributed by atoms with Crippen molar-refractivity contribution in [3.8, 4) is 0 Å². The van der Waals surface area contributed by atoms with Gasteiger partial charge in [0.2, 0.25) is 0 Å². The Hall–Kier alpha value is 0.554. The molecule has 0 fully saturated rings. The zero-order valence-electron chi connectivity index (χ0n) is 25.6. The van der Waals surface area contributed by atoms with Crippen LogP contribution in [0.4, 0.5) is 0 Å². The maximum absolute atomic E-state index is 8.29. The van der Waals surface area contributed by atoms with Crippen molar-refractivity contribution in [2.24, 2.45) is 0 Å².